The van der Waals surface area contributed by atoms with Crippen molar-refractivity contribution in [3.8, 4) is 0 Å². The highest BCUT2D eigenvalue weighted by Gasteiger charge is 2.43. The van der Waals surface area contributed by atoms with Crippen LogP contribution in [0.2, 0.25) is 5.02 Å². The van der Waals surface area contributed by atoms with Gasteiger partial charge in [-0.2, -0.15) is 0 Å². The van der Waals surface area contributed by atoms with Crippen LogP contribution in [0.4, 0.5) is 0 Å². The molecule has 3 unspecified atom stereocenters. The SMILES string of the molecule is CN1CCN(C(=O)CCC2CNC(=O)C3CC(NCc4cccc(Cl)c4)CN23)CC1. The standard InChI is InChI=1S/C22H32ClN5O2/c1-26-7-9-27(10-8-26)21(29)6-5-19-14-25-22(30)20-12-18(15-28(19)20)24-13-16-3-2-4-17(23)11-16/h2-4,11,18-20,24H,5-10,12-15H2,1H3,(H,25,30). The molecule has 30 heavy (non-hydrogen) atoms. The lowest BCUT2D eigenvalue weighted by molar-refractivity contribution is -0.133. The summed E-state index contributed by atoms with van der Waals surface area (Å²) in [6, 6.07) is 8.24. The minimum Gasteiger partial charge on any atom is -0.353 e. The lowest BCUT2D eigenvalue weighted by Gasteiger charge is -2.38. The van der Waals surface area contributed by atoms with E-state index in [9.17, 15) is 9.59 Å². The molecule has 164 valence electrons. The van der Waals surface area contributed by atoms with Crippen molar-refractivity contribution in [2.45, 2.75) is 43.9 Å². The number of nitrogens with one attached hydrogen (secondary N) is 2. The van der Waals surface area contributed by atoms with E-state index in [0.29, 0.717) is 13.0 Å². The van der Waals surface area contributed by atoms with E-state index in [-0.39, 0.29) is 29.9 Å². The van der Waals surface area contributed by atoms with Crippen molar-refractivity contribution >= 4 is 23.4 Å². The highest BCUT2D eigenvalue weighted by atomic mass is 35.5. The third-order valence-electron chi connectivity index (χ3n) is 6.65. The van der Waals surface area contributed by atoms with Gasteiger partial charge in [0.15, 0.2) is 0 Å². The number of hydrogen-bond acceptors (Lipinski definition) is 5. The van der Waals surface area contributed by atoms with Gasteiger partial charge in [0.25, 0.3) is 0 Å². The zero-order valence-electron chi connectivity index (χ0n) is 17.6. The average molecular weight is 434 g/mol. The number of halogens is 1. The molecule has 1 aromatic rings. The van der Waals surface area contributed by atoms with E-state index in [4.69, 9.17) is 11.6 Å². The first-order chi connectivity index (χ1) is 14.5. The second kappa shape index (κ2) is 9.64. The maximum atomic E-state index is 12.6. The fourth-order valence-corrected chi connectivity index (χ4v) is 5.02. The molecule has 3 aliphatic rings. The Bertz CT molecular complexity index is 768. The van der Waals surface area contributed by atoms with Crippen LogP contribution in [-0.2, 0) is 16.1 Å². The predicted molar refractivity (Wildman–Crippen MR) is 117 cm³/mol. The van der Waals surface area contributed by atoms with Crippen molar-refractivity contribution in [1.82, 2.24) is 25.3 Å². The van der Waals surface area contributed by atoms with Gasteiger partial charge in [0.2, 0.25) is 11.8 Å². The Hall–Kier alpha value is -1.67. The molecule has 0 saturated carbocycles. The first-order valence-electron chi connectivity index (χ1n) is 11.0. The Labute approximate surface area is 183 Å². The van der Waals surface area contributed by atoms with Gasteiger partial charge in [-0.05, 0) is 37.6 Å². The zero-order chi connectivity index (χ0) is 21.1. The molecular formula is C22H32ClN5O2. The quantitative estimate of drug-likeness (QED) is 0.698. The molecule has 0 spiro atoms. The molecule has 1 aromatic carbocycles. The smallest absolute Gasteiger partial charge is 0.237 e. The number of fused-ring (bicyclic) bond motifs is 1. The monoisotopic (exact) mass is 433 g/mol. The predicted octanol–water partition coefficient (Wildman–Crippen LogP) is 0.925. The van der Waals surface area contributed by atoms with Gasteiger partial charge in [0, 0.05) is 69.3 Å². The topological polar surface area (TPSA) is 67.9 Å². The van der Waals surface area contributed by atoms with Gasteiger partial charge in [-0.1, -0.05) is 23.7 Å². The molecule has 3 saturated heterocycles. The Morgan fingerprint density at radius 1 is 1.27 bits per heavy atom. The summed E-state index contributed by atoms with van der Waals surface area (Å²) >= 11 is 6.08. The summed E-state index contributed by atoms with van der Waals surface area (Å²) in [5, 5.41) is 7.38. The van der Waals surface area contributed by atoms with Crippen LogP contribution in [-0.4, -0.2) is 91.0 Å². The van der Waals surface area contributed by atoms with Crippen LogP contribution in [0, 0.1) is 0 Å². The van der Waals surface area contributed by atoms with Crippen LogP contribution >= 0.6 is 11.6 Å². The summed E-state index contributed by atoms with van der Waals surface area (Å²) in [5.74, 6) is 0.357. The Kier molecular flexibility index (Phi) is 6.93. The van der Waals surface area contributed by atoms with E-state index in [1.807, 2.05) is 23.1 Å². The average Bonchev–Trinajstić information content (AvgIpc) is 3.17. The van der Waals surface area contributed by atoms with Gasteiger partial charge in [-0.15, -0.1) is 0 Å². The minimum absolute atomic E-state index is 0.0978. The van der Waals surface area contributed by atoms with Gasteiger partial charge in [-0.3, -0.25) is 14.5 Å². The number of benzene rings is 1. The largest absolute Gasteiger partial charge is 0.353 e. The minimum atomic E-state index is -0.0978. The van der Waals surface area contributed by atoms with E-state index < -0.39 is 0 Å². The van der Waals surface area contributed by atoms with Gasteiger partial charge < -0.3 is 20.4 Å². The molecule has 2 amide bonds. The number of piperazine rings is 2. The first kappa shape index (κ1) is 21.6. The number of nitrogens with zero attached hydrogens (tertiary/aromatic N) is 3. The molecule has 3 atom stereocenters. The lowest BCUT2D eigenvalue weighted by Crippen LogP contribution is -2.58. The van der Waals surface area contributed by atoms with E-state index in [1.165, 1.54) is 0 Å². The zero-order valence-corrected chi connectivity index (χ0v) is 18.4. The van der Waals surface area contributed by atoms with Gasteiger partial charge in [-0.25, -0.2) is 0 Å². The van der Waals surface area contributed by atoms with Crippen molar-refractivity contribution in [3.63, 3.8) is 0 Å². The summed E-state index contributed by atoms with van der Waals surface area (Å²) < 4.78 is 0. The fourth-order valence-electron chi connectivity index (χ4n) is 4.80. The summed E-state index contributed by atoms with van der Waals surface area (Å²) in [5.41, 5.74) is 1.14. The maximum absolute atomic E-state index is 12.6. The maximum Gasteiger partial charge on any atom is 0.237 e. The molecule has 7 nitrogen and oxygen atoms in total. The molecule has 3 fully saturated rings. The van der Waals surface area contributed by atoms with Crippen LogP contribution < -0.4 is 10.6 Å². The van der Waals surface area contributed by atoms with Crippen LogP contribution in [0.25, 0.3) is 0 Å². The summed E-state index contributed by atoms with van der Waals surface area (Å²) in [4.78, 5) is 31.6. The number of rotatable bonds is 6. The molecule has 3 aliphatic heterocycles. The Morgan fingerprint density at radius 2 is 2.07 bits per heavy atom. The molecule has 0 aliphatic carbocycles. The van der Waals surface area contributed by atoms with E-state index in [0.717, 1.165) is 62.7 Å². The number of amides is 2. The van der Waals surface area contributed by atoms with Gasteiger partial charge in [0.05, 0.1) is 6.04 Å². The second-order valence-corrected chi connectivity index (χ2v) is 9.21. The number of carbonyl (C=O) groups excluding carboxylic acids is 2. The highest BCUT2D eigenvalue weighted by Crippen LogP contribution is 2.26. The highest BCUT2D eigenvalue weighted by molar-refractivity contribution is 6.30. The first-order valence-corrected chi connectivity index (χ1v) is 11.3. The second-order valence-electron chi connectivity index (χ2n) is 8.78. The molecule has 8 heteroatoms. The summed E-state index contributed by atoms with van der Waals surface area (Å²) in [6.07, 6.45) is 2.15. The molecule has 0 bridgehead atoms. The summed E-state index contributed by atoms with van der Waals surface area (Å²) in [6.45, 7) is 5.73. The molecule has 3 heterocycles. The van der Waals surface area contributed by atoms with Crippen LogP contribution in [0.1, 0.15) is 24.8 Å². The molecule has 2 N–H and O–H groups in total. The number of hydrogen-bond donors (Lipinski definition) is 2. The van der Waals surface area contributed by atoms with Crippen molar-refractivity contribution in [2.24, 2.45) is 0 Å². The fraction of sp³-hybridized carbons (Fsp3) is 0.636. The number of likely N-dealkylation sites (N-methyl/N-ethyl adjacent to an activating group) is 1. The van der Waals surface area contributed by atoms with E-state index >= 15 is 0 Å². The summed E-state index contributed by atoms with van der Waals surface area (Å²) in [7, 11) is 2.09. The van der Waals surface area contributed by atoms with Crippen LogP contribution in [0.15, 0.2) is 24.3 Å². The van der Waals surface area contributed by atoms with Crippen LogP contribution in [0.3, 0.4) is 0 Å². The molecular weight excluding hydrogens is 402 g/mol. The normalized spacial score (nSPS) is 27.7. The van der Waals surface area contributed by atoms with Crippen molar-refractivity contribution in [2.75, 3.05) is 46.3 Å². The van der Waals surface area contributed by atoms with Gasteiger partial charge in [0.1, 0.15) is 0 Å². The van der Waals surface area contributed by atoms with Gasteiger partial charge >= 0.3 is 0 Å². The van der Waals surface area contributed by atoms with Crippen molar-refractivity contribution in [1.29, 1.82) is 0 Å². The Balaban J connectivity index is 1.29. The van der Waals surface area contributed by atoms with Crippen molar-refractivity contribution in [3.05, 3.63) is 34.9 Å². The van der Waals surface area contributed by atoms with Crippen LogP contribution in [0.5, 0.6) is 0 Å². The number of carbonyl (C=O) groups is 2. The lowest BCUT2D eigenvalue weighted by atomic mass is 10.0. The Morgan fingerprint density at radius 3 is 2.83 bits per heavy atom. The molecule has 0 aromatic heterocycles. The van der Waals surface area contributed by atoms with Crippen molar-refractivity contribution < 1.29 is 9.59 Å². The van der Waals surface area contributed by atoms with E-state index in [2.05, 4.69) is 33.5 Å². The third kappa shape index (κ3) is 5.14. The molecule has 4 rings (SSSR count). The molecule has 0 radical (unpaired) electrons. The third-order valence-corrected chi connectivity index (χ3v) is 6.89. The van der Waals surface area contributed by atoms with E-state index in [1.54, 1.807) is 0 Å².